The van der Waals surface area contributed by atoms with Crippen molar-refractivity contribution in [2.24, 2.45) is 5.92 Å². The lowest BCUT2D eigenvalue weighted by molar-refractivity contribution is 0.122. The lowest BCUT2D eigenvalue weighted by atomic mass is 9.98. The molecule has 0 unspecified atom stereocenters. The van der Waals surface area contributed by atoms with Crippen molar-refractivity contribution in [1.82, 2.24) is 4.90 Å². The largest absolute Gasteiger partial charge is 0.298 e. The summed E-state index contributed by atoms with van der Waals surface area (Å²) in [6, 6.07) is 1.41. The molecule has 0 heterocycles. The van der Waals surface area contributed by atoms with Gasteiger partial charge < -0.3 is 0 Å². The van der Waals surface area contributed by atoms with Gasteiger partial charge in [-0.15, -0.1) is 0 Å². The fraction of sp³-hybridized carbons (Fsp3) is 1.00. The molecule has 0 aliphatic rings. The van der Waals surface area contributed by atoms with Crippen LogP contribution in [-0.2, 0) is 0 Å². The van der Waals surface area contributed by atoms with Crippen molar-refractivity contribution >= 4 is 0 Å². The predicted molar refractivity (Wildman–Crippen MR) is 61.1 cm³/mol. The lowest BCUT2D eigenvalue weighted by Crippen LogP contribution is -2.42. The Hall–Kier alpha value is -0.0400. The van der Waals surface area contributed by atoms with E-state index in [9.17, 15) is 0 Å². The molecule has 0 saturated heterocycles. The van der Waals surface area contributed by atoms with E-state index in [0.29, 0.717) is 6.04 Å². The maximum Gasteiger partial charge on any atom is 0.00951 e. The van der Waals surface area contributed by atoms with Crippen molar-refractivity contribution in [3.8, 4) is 0 Å². The van der Waals surface area contributed by atoms with Gasteiger partial charge in [-0.1, -0.05) is 27.2 Å². The Bertz CT molecular complexity index is 120. The van der Waals surface area contributed by atoms with Crippen LogP contribution in [0, 0.1) is 5.92 Å². The summed E-state index contributed by atoms with van der Waals surface area (Å²) in [5, 5.41) is 0. The van der Waals surface area contributed by atoms with Crippen LogP contribution < -0.4 is 0 Å². The van der Waals surface area contributed by atoms with Crippen LogP contribution >= 0.6 is 0 Å². The molecular weight excluding hydrogens is 158 g/mol. The van der Waals surface area contributed by atoms with Gasteiger partial charge in [-0.25, -0.2) is 0 Å². The van der Waals surface area contributed by atoms with Crippen LogP contribution in [0.5, 0.6) is 0 Å². The van der Waals surface area contributed by atoms with Crippen LogP contribution in [-0.4, -0.2) is 23.5 Å². The Balaban J connectivity index is 4.18. The molecule has 13 heavy (non-hydrogen) atoms. The zero-order valence-electron chi connectivity index (χ0n) is 10.3. The summed E-state index contributed by atoms with van der Waals surface area (Å²) in [4.78, 5) is 2.62. The van der Waals surface area contributed by atoms with Gasteiger partial charge in [-0.2, -0.15) is 0 Å². The van der Waals surface area contributed by atoms with E-state index < -0.39 is 0 Å². The first-order chi connectivity index (χ1) is 6.04. The highest BCUT2D eigenvalue weighted by Crippen LogP contribution is 2.16. The molecule has 0 amide bonds. The van der Waals surface area contributed by atoms with Gasteiger partial charge in [0.05, 0.1) is 0 Å². The molecule has 0 aromatic rings. The molecule has 0 fully saturated rings. The molecule has 2 atom stereocenters. The molecule has 0 aromatic carbocycles. The Labute approximate surface area is 84.5 Å². The van der Waals surface area contributed by atoms with E-state index in [1.54, 1.807) is 0 Å². The summed E-state index contributed by atoms with van der Waals surface area (Å²) >= 11 is 0. The molecule has 0 N–H and O–H groups in total. The molecular formula is C12H27N. The summed E-state index contributed by atoms with van der Waals surface area (Å²) in [6.45, 7) is 15.1. The fourth-order valence-electron chi connectivity index (χ4n) is 1.86. The van der Waals surface area contributed by atoms with Crippen molar-refractivity contribution in [1.29, 1.82) is 0 Å². The third-order valence-electron chi connectivity index (χ3n) is 3.14. The Morgan fingerprint density at radius 3 is 1.85 bits per heavy atom. The van der Waals surface area contributed by atoms with Gasteiger partial charge in [0.1, 0.15) is 0 Å². The molecule has 0 saturated carbocycles. The van der Waals surface area contributed by atoms with E-state index in [1.807, 2.05) is 0 Å². The number of hydrogen-bond acceptors (Lipinski definition) is 1. The van der Waals surface area contributed by atoms with Crippen molar-refractivity contribution in [3.05, 3.63) is 0 Å². The van der Waals surface area contributed by atoms with Crippen LogP contribution in [0.25, 0.3) is 0 Å². The molecule has 0 rings (SSSR count). The molecule has 80 valence electrons. The topological polar surface area (TPSA) is 3.24 Å². The Morgan fingerprint density at radius 1 is 1.00 bits per heavy atom. The van der Waals surface area contributed by atoms with Gasteiger partial charge in [0.15, 0.2) is 0 Å². The lowest BCUT2D eigenvalue weighted by Gasteiger charge is -2.35. The first kappa shape index (κ1) is 13.0. The number of nitrogens with zero attached hydrogens (tertiary/aromatic N) is 1. The van der Waals surface area contributed by atoms with E-state index >= 15 is 0 Å². The van der Waals surface area contributed by atoms with Crippen LogP contribution in [0.15, 0.2) is 0 Å². The van der Waals surface area contributed by atoms with Gasteiger partial charge >= 0.3 is 0 Å². The van der Waals surface area contributed by atoms with Gasteiger partial charge in [0.25, 0.3) is 0 Å². The smallest absolute Gasteiger partial charge is 0.00951 e. The van der Waals surface area contributed by atoms with Crippen molar-refractivity contribution in [2.75, 3.05) is 6.54 Å². The zero-order chi connectivity index (χ0) is 10.4. The third kappa shape index (κ3) is 4.12. The van der Waals surface area contributed by atoms with E-state index in [4.69, 9.17) is 0 Å². The maximum atomic E-state index is 2.62. The summed E-state index contributed by atoms with van der Waals surface area (Å²) in [5.41, 5.74) is 0. The summed E-state index contributed by atoms with van der Waals surface area (Å²) in [6.07, 6.45) is 2.55. The van der Waals surface area contributed by atoms with Gasteiger partial charge in [0, 0.05) is 12.1 Å². The average molecular weight is 185 g/mol. The van der Waals surface area contributed by atoms with Crippen LogP contribution in [0.3, 0.4) is 0 Å². The normalized spacial score (nSPS) is 16.6. The third-order valence-corrected chi connectivity index (χ3v) is 3.14. The van der Waals surface area contributed by atoms with Gasteiger partial charge in [-0.05, 0) is 39.7 Å². The monoisotopic (exact) mass is 185 g/mol. The van der Waals surface area contributed by atoms with Gasteiger partial charge in [-0.3, -0.25) is 4.90 Å². The highest BCUT2D eigenvalue weighted by Gasteiger charge is 2.20. The minimum absolute atomic E-state index is 0.684. The second kappa shape index (κ2) is 6.42. The molecule has 0 aliphatic carbocycles. The SMILES string of the molecule is CCCN(C(C)C)[C@H](C)[C@@H](C)CC. The minimum atomic E-state index is 0.684. The highest BCUT2D eigenvalue weighted by molar-refractivity contribution is 4.74. The molecule has 0 radical (unpaired) electrons. The molecule has 0 aromatic heterocycles. The summed E-state index contributed by atoms with van der Waals surface area (Å²) < 4.78 is 0. The fourth-order valence-corrected chi connectivity index (χ4v) is 1.86. The van der Waals surface area contributed by atoms with Crippen molar-refractivity contribution < 1.29 is 0 Å². The first-order valence-electron chi connectivity index (χ1n) is 5.80. The van der Waals surface area contributed by atoms with Crippen LogP contribution in [0.4, 0.5) is 0 Å². The number of rotatable bonds is 6. The minimum Gasteiger partial charge on any atom is -0.298 e. The van der Waals surface area contributed by atoms with E-state index in [-0.39, 0.29) is 0 Å². The summed E-state index contributed by atoms with van der Waals surface area (Å²) in [7, 11) is 0. The second-order valence-corrected chi connectivity index (χ2v) is 4.46. The van der Waals surface area contributed by atoms with E-state index in [1.165, 1.54) is 19.4 Å². The van der Waals surface area contributed by atoms with Crippen molar-refractivity contribution in [3.63, 3.8) is 0 Å². The quantitative estimate of drug-likeness (QED) is 0.612. The molecule has 1 heteroatoms. The van der Waals surface area contributed by atoms with E-state index in [0.717, 1.165) is 12.0 Å². The highest BCUT2D eigenvalue weighted by atomic mass is 15.2. The zero-order valence-corrected chi connectivity index (χ0v) is 10.3. The molecule has 1 nitrogen and oxygen atoms in total. The second-order valence-electron chi connectivity index (χ2n) is 4.46. The predicted octanol–water partition coefficient (Wildman–Crippen LogP) is 3.54. The van der Waals surface area contributed by atoms with Gasteiger partial charge in [0.2, 0.25) is 0 Å². The van der Waals surface area contributed by atoms with Crippen LogP contribution in [0.1, 0.15) is 54.4 Å². The average Bonchev–Trinajstić information content (AvgIpc) is 2.11. The molecule has 0 spiro atoms. The van der Waals surface area contributed by atoms with Crippen molar-refractivity contribution in [2.45, 2.75) is 66.5 Å². The Kier molecular flexibility index (Phi) is 6.40. The first-order valence-corrected chi connectivity index (χ1v) is 5.80. The van der Waals surface area contributed by atoms with Crippen LogP contribution in [0.2, 0.25) is 0 Å². The number of hydrogen-bond donors (Lipinski definition) is 0. The summed E-state index contributed by atoms with van der Waals surface area (Å²) in [5.74, 6) is 0.814. The van der Waals surface area contributed by atoms with E-state index in [2.05, 4.69) is 46.4 Å². The molecule has 0 bridgehead atoms. The molecule has 0 aliphatic heterocycles. The maximum absolute atomic E-state index is 2.62. The Morgan fingerprint density at radius 2 is 1.54 bits per heavy atom. The standard InChI is InChI=1S/C12H27N/c1-7-9-13(10(3)4)12(6)11(5)8-2/h10-12H,7-9H2,1-6H3/t11-,12+/m0/s1.